The van der Waals surface area contributed by atoms with Crippen molar-refractivity contribution in [3.05, 3.63) is 29.6 Å². The first kappa shape index (κ1) is 11.0. The highest BCUT2D eigenvalue weighted by atomic mass is 19.1. The number of aryl methyl sites for hydroxylation is 1. The average Bonchev–Trinajstić information content (AvgIpc) is 2.11. The Hall–Kier alpha value is -1.05. The molecule has 0 bridgehead atoms. The Bertz CT molecular complexity index is 307. The Morgan fingerprint density at radius 3 is 2.36 bits per heavy atom. The second kappa shape index (κ2) is 4.45. The molecule has 0 aromatic heterocycles. The summed E-state index contributed by atoms with van der Waals surface area (Å²) in [6.45, 7) is 8.23. The second-order valence-corrected chi connectivity index (χ2v) is 4.14. The van der Waals surface area contributed by atoms with E-state index in [-0.39, 0.29) is 5.82 Å². The first-order valence-electron chi connectivity index (χ1n) is 5.03. The normalized spacial score (nSPS) is 13.0. The molecule has 1 aromatic rings. The van der Waals surface area contributed by atoms with E-state index in [9.17, 15) is 4.39 Å². The highest BCUT2D eigenvalue weighted by Gasteiger charge is 2.07. The molecule has 0 spiro atoms. The largest absolute Gasteiger partial charge is 0.382 e. The van der Waals surface area contributed by atoms with Crippen LogP contribution in [0.5, 0.6) is 0 Å². The first-order chi connectivity index (χ1) is 6.50. The van der Waals surface area contributed by atoms with E-state index in [1.165, 1.54) is 6.07 Å². The third-order valence-corrected chi connectivity index (χ3v) is 2.55. The number of halogens is 1. The van der Waals surface area contributed by atoms with E-state index in [0.29, 0.717) is 17.5 Å². The molecule has 0 aliphatic rings. The highest BCUT2D eigenvalue weighted by Crippen LogP contribution is 2.16. The van der Waals surface area contributed by atoms with Crippen molar-refractivity contribution in [3.63, 3.8) is 0 Å². The lowest BCUT2D eigenvalue weighted by atomic mass is 10.1. The maximum Gasteiger partial charge on any atom is 0.126 e. The van der Waals surface area contributed by atoms with Crippen molar-refractivity contribution in [3.8, 4) is 0 Å². The van der Waals surface area contributed by atoms with Gasteiger partial charge in [-0.2, -0.15) is 0 Å². The van der Waals surface area contributed by atoms with E-state index < -0.39 is 0 Å². The standard InChI is InChI=1S/C12H18FN/c1-8(2)10(4)14-11-5-6-12(13)9(3)7-11/h5-8,10,14H,1-4H3/t10-/m0/s1. The zero-order valence-electron chi connectivity index (χ0n) is 9.26. The molecule has 1 nitrogen and oxygen atoms in total. The summed E-state index contributed by atoms with van der Waals surface area (Å²) in [4.78, 5) is 0. The van der Waals surface area contributed by atoms with Gasteiger partial charge in [0.05, 0.1) is 0 Å². The molecule has 0 radical (unpaired) electrons. The van der Waals surface area contributed by atoms with Gasteiger partial charge in [0.15, 0.2) is 0 Å². The zero-order valence-corrected chi connectivity index (χ0v) is 9.26. The predicted molar refractivity (Wildman–Crippen MR) is 59.1 cm³/mol. The zero-order chi connectivity index (χ0) is 10.7. The Kier molecular flexibility index (Phi) is 3.50. The van der Waals surface area contributed by atoms with E-state index in [0.717, 1.165) is 5.69 Å². The lowest BCUT2D eigenvalue weighted by Gasteiger charge is -2.19. The Balaban J connectivity index is 2.73. The summed E-state index contributed by atoms with van der Waals surface area (Å²) in [5.41, 5.74) is 1.68. The van der Waals surface area contributed by atoms with Gasteiger partial charge in [-0.3, -0.25) is 0 Å². The molecule has 0 saturated carbocycles. The number of rotatable bonds is 3. The van der Waals surface area contributed by atoms with Crippen molar-refractivity contribution in [1.82, 2.24) is 0 Å². The van der Waals surface area contributed by atoms with Crippen molar-refractivity contribution in [2.45, 2.75) is 33.7 Å². The average molecular weight is 195 g/mol. The Morgan fingerprint density at radius 1 is 1.21 bits per heavy atom. The van der Waals surface area contributed by atoms with Crippen LogP contribution in [0.2, 0.25) is 0 Å². The van der Waals surface area contributed by atoms with Crippen LogP contribution in [0.15, 0.2) is 18.2 Å². The Labute approximate surface area is 85.3 Å². The third-order valence-electron chi connectivity index (χ3n) is 2.55. The Morgan fingerprint density at radius 2 is 1.86 bits per heavy atom. The minimum Gasteiger partial charge on any atom is -0.382 e. The lowest BCUT2D eigenvalue weighted by Crippen LogP contribution is -2.21. The second-order valence-electron chi connectivity index (χ2n) is 4.14. The third kappa shape index (κ3) is 2.72. The molecule has 0 aliphatic carbocycles. The minimum atomic E-state index is -0.146. The fraction of sp³-hybridized carbons (Fsp3) is 0.500. The van der Waals surface area contributed by atoms with Crippen LogP contribution >= 0.6 is 0 Å². The molecule has 0 amide bonds. The monoisotopic (exact) mass is 195 g/mol. The SMILES string of the molecule is Cc1cc(N[C@@H](C)C(C)C)ccc1F. The number of anilines is 1. The molecule has 1 N–H and O–H groups in total. The van der Waals surface area contributed by atoms with Crippen molar-refractivity contribution in [2.75, 3.05) is 5.32 Å². The number of benzene rings is 1. The number of hydrogen-bond donors (Lipinski definition) is 1. The summed E-state index contributed by atoms with van der Waals surface area (Å²) in [7, 11) is 0. The van der Waals surface area contributed by atoms with E-state index in [4.69, 9.17) is 0 Å². The summed E-state index contributed by atoms with van der Waals surface area (Å²) < 4.78 is 13.0. The van der Waals surface area contributed by atoms with Gasteiger partial charge in [-0.05, 0) is 43.5 Å². The molecule has 14 heavy (non-hydrogen) atoms. The van der Waals surface area contributed by atoms with Gasteiger partial charge in [-0.15, -0.1) is 0 Å². The van der Waals surface area contributed by atoms with Crippen LogP contribution in [0, 0.1) is 18.7 Å². The maximum atomic E-state index is 13.0. The van der Waals surface area contributed by atoms with Crippen molar-refractivity contribution in [1.29, 1.82) is 0 Å². The fourth-order valence-corrected chi connectivity index (χ4v) is 1.16. The first-order valence-corrected chi connectivity index (χ1v) is 5.03. The summed E-state index contributed by atoms with van der Waals surface area (Å²) in [6, 6.07) is 5.53. The molecule has 0 unspecified atom stereocenters. The van der Waals surface area contributed by atoms with E-state index in [1.54, 1.807) is 13.0 Å². The molecule has 78 valence electrons. The molecule has 0 fully saturated rings. The van der Waals surface area contributed by atoms with E-state index in [1.807, 2.05) is 6.07 Å². The summed E-state index contributed by atoms with van der Waals surface area (Å²) in [5.74, 6) is 0.424. The molecule has 0 heterocycles. The van der Waals surface area contributed by atoms with Gasteiger partial charge in [-0.1, -0.05) is 13.8 Å². The highest BCUT2D eigenvalue weighted by molar-refractivity contribution is 5.46. The van der Waals surface area contributed by atoms with Crippen molar-refractivity contribution in [2.24, 2.45) is 5.92 Å². The topological polar surface area (TPSA) is 12.0 Å². The van der Waals surface area contributed by atoms with Gasteiger partial charge in [0, 0.05) is 11.7 Å². The fourth-order valence-electron chi connectivity index (χ4n) is 1.16. The van der Waals surface area contributed by atoms with Crippen molar-refractivity contribution < 1.29 is 4.39 Å². The van der Waals surface area contributed by atoms with Gasteiger partial charge in [0.2, 0.25) is 0 Å². The summed E-state index contributed by atoms with van der Waals surface area (Å²) >= 11 is 0. The van der Waals surface area contributed by atoms with Gasteiger partial charge in [0.1, 0.15) is 5.82 Å². The number of nitrogens with one attached hydrogen (secondary N) is 1. The maximum absolute atomic E-state index is 13.0. The van der Waals surface area contributed by atoms with Gasteiger partial charge >= 0.3 is 0 Å². The van der Waals surface area contributed by atoms with Crippen LogP contribution in [-0.2, 0) is 0 Å². The van der Waals surface area contributed by atoms with E-state index in [2.05, 4.69) is 26.1 Å². The molecule has 1 rings (SSSR count). The van der Waals surface area contributed by atoms with Crippen LogP contribution in [0.1, 0.15) is 26.3 Å². The van der Waals surface area contributed by atoms with Crippen LogP contribution in [0.4, 0.5) is 10.1 Å². The smallest absolute Gasteiger partial charge is 0.126 e. The van der Waals surface area contributed by atoms with Crippen LogP contribution in [0.25, 0.3) is 0 Å². The quantitative estimate of drug-likeness (QED) is 0.777. The van der Waals surface area contributed by atoms with Crippen LogP contribution < -0.4 is 5.32 Å². The predicted octanol–water partition coefficient (Wildman–Crippen LogP) is 3.59. The van der Waals surface area contributed by atoms with Gasteiger partial charge in [0.25, 0.3) is 0 Å². The van der Waals surface area contributed by atoms with Crippen molar-refractivity contribution >= 4 is 5.69 Å². The molecular weight excluding hydrogens is 177 g/mol. The lowest BCUT2D eigenvalue weighted by molar-refractivity contribution is 0.559. The molecule has 0 aliphatic heterocycles. The molecule has 1 atom stereocenters. The van der Waals surface area contributed by atoms with Gasteiger partial charge < -0.3 is 5.32 Å². The number of hydrogen-bond acceptors (Lipinski definition) is 1. The summed E-state index contributed by atoms with van der Waals surface area (Å²) in [6.07, 6.45) is 0. The van der Waals surface area contributed by atoms with Crippen LogP contribution in [-0.4, -0.2) is 6.04 Å². The summed E-state index contributed by atoms with van der Waals surface area (Å²) in [5, 5.41) is 3.34. The molecule has 1 aromatic carbocycles. The van der Waals surface area contributed by atoms with Gasteiger partial charge in [-0.25, -0.2) is 4.39 Å². The van der Waals surface area contributed by atoms with Crippen LogP contribution in [0.3, 0.4) is 0 Å². The molecule has 2 heteroatoms. The molecular formula is C12H18FN. The minimum absolute atomic E-state index is 0.146. The molecule has 0 saturated heterocycles. The van der Waals surface area contributed by atoms with E-state index >= 15 is 0 Å².